The third-order valence-corrected chi connectivity index (χ3v) is 6.76. The van der Waals surface area contributed by atoms with Gasteiger partial charge in [0.2, 0.25) is 5.56 Å². The van der Waals surface area contributed by atoms with E-state index in [0.29, 0.717) is 23.6 Å². The monoisotopic (exact) mass is 477 g/mol. The summed E-state index contributed by atoms with van der Waals surface area (Å²) in [4.78, 5) is 37.4. The van der Waals surface area contributed by atoms with Crippen LogP contribution in [0.25, 0.3) is 10.9 Å². The molecule has 1 aromatic carbocycles. The average molecular weight is 478 g/mol. The number of methoxy groups -OCH3 is 1. The fourth-order valence-corrected chi connectivity index (χ4v) is 4.84. The Morgan fingerprint density at radius 1 is 1.23 bits per heavy atom. The van der Waals surface area contributed by atoms with Crippen LogP contribution in [-0.2, 0) is 16.0 Å². The number of nitrogens with one attached hydrogen (secondary N) is 2. The van der Waals surface area contributed by atoms with Gasteiger partial charge in [0.15, 0.2) is 0 Å². The van der Waals surface area contributed by atoms with Gasteiger partial charge in [-0.15, -0.1) is 0 Å². The normalized spacial score (nSPS) is 18.8. The van der Waals surface area contributed by atoms with Crippen LogP contribution < -0.4 is 15.8 Å². The number of aromatic nitrogens is 2. The molecule has 0 saturated carbocycles. The Kier molecular flexibility index (Phi) is 6.81. The number of hydrogen-bond acceptors (Lipinski definition) is 7. The molecule has 5 rings (SSSR count). The van der Waals surface area contributed by atoms with Gasteiger partial charge in [-0.3, -0.25) is 14.5 Å². The Bertz CT molecular complexity index is 1280. The number of benzene rings is 1. The van der Waals surface area contributed by atoms with E-state index in [1.54, 1.807) is 19.2 Å². The minimum Gasteiger partial charge on any atom is -0.380 e. The Balaban J connectivity index is 1.44. The number of carbonyl (C=O) groups is 1. The van der Waals surface area contributed by atoms with Gasteiger partial charge in [0.05, 0.1) is 24.9 Å². The van der Waals surface area contributed by atoms with Crippen molar-refractivity contribution in [1.82, 2.24) is 14.9 Å². The van der Waals surface area contributed by atoms with Crippen molar-refractivity contribution in [2.45, 2.75) is 26.0 Å². The van der Waals surface area contributed by atoms with E-state index in [1.807, 2.05) is 31.3 Å². The van der Waals surface area contributed by atoms with Crippen molar-refractivity contribution >= 4 is 28.3 Å². The minimum atomic E-state index is -0.210. The second-order valence-corrected chi connectivity index (χ2v) is 9.23. The number of amides is 1. The summed E-state index contributed by atoms with van der Waals surface area (Å²) in [7, 11) is 1.72. The molecule has 0 spiro atoms. The quantitative estimate of drug-likeness (QED) is 0.563. The van der Waals surface area contributed by atoms with E-state index >= 15 is 0 Å². The Labute approximate surface area is 204 Å². The van der Waals surface area contributed by atoms with Crippen LogP contribution in [0.4, 0.5) is 11.5 Å². The van der Waals surface area contributed by atoms with Crippen LogP contribution in [0.1, 0.15) is 27.9 Å². The third kappa shape index (κ3) is 5.22. The number of aromatic amines is 1. The van der Waals surface area contributed by atoms with Crippen molar-refractivity contribution in [1.29, 1.82) is 0 Å². The highest BCUT2D eigenvalue weighted by Gasteiger charge is 2.27. The standard InChI is InChI=1S/C26H31N5O4/c1-17-11-24(32)29-23-4-3-19(13-21(17)23)28-26(33)22-12-18(15-30-7-9-35-10-8-30)14-27-25(22)31-6-5-20(16-31)34-2/h3-4,11-14,20H,5-10,15-16H2,1-2H3,(H,28,33)(H,29,32). The van der Waals surface area contributed by atoms with Crippen LogP contribution in [0.3, 0.4) is 0 Å². The van der Waals surface area contributed by atoms with E-state index in [4.69, 9.17) is 14.5 Å². The van der Waals surface area contributed by atoms with Crippen molar-refractivity contribution < 1.29 is 14.3 Å². The summed E-state index contributed by atoms with van der Waals surface area (Å²) in [6.45, 7) is 7.27. The lowest BCUT2D eigenvalue weighted by Gasteiger charge is -2.27. The van der Waals surface area contributed by atoms with E-state index in [1.165, 1.54) is 0 Å². The first-order valence-electron chi connectivity index (χ1n) is 12.0. The van der Waals surface area contributed by atoms with Crippen molar-refractivity contribution in [2.24, 2.45) is 0 Å². The summed E-state index contributed by atoms with van der Waals surface area (Å²) in [6, 6.07) is 9.02. The first kappa shape index (κ1) is 23.5. The van der Waals surface area contributed by atoms with E-state index in [-0.39, 0.29) is 17.6 Å². The van der Waals surface area contributed by atoms with E-state index < -0.39 is 0 Å². The second kappa shape index (κ2) is 10.2. The maximum absolute atomic E-state index is 13.6. The van der Waals surface area contributed by atoms with Gasteiger partial charge in [0.25, 0.3) is 5.91 Å². The van der Waals surface area contributed by atoms with Gasteiger partial charge in [-0.2, -0.15) is 0 Å². The molecule has 4 heterocycles. The van der Waals surface area contributed by atoms with Crippen molar-refractivity contribution in [3.8, 4) is 0 Å². The van der Waals surface area contributed by atoms with Gasteiger partial charge in [-0.05, 0) is 48.7 Å². The summed E-state index contributed by atoms with van der Waals surface area (Å²) < 4.78 is 11.0. The molecule has 1 amide bonds. The molecule has 2 saturated heterocycles. The molecule has 9 nitrogen and oxygen atoms in total. The zero-order chi connectivity index (χ0) is 24.4. The lowest BCUT2D eigenvalue weighted by molar-refractivity contribution is 0.0341. The van der Waals surface area contributed by atoms with Gasteiger partial charge < -0.3 is 24.7 Å². The molecular weight excluding hydrogens is 446 g/mol. The number of pyridine rings is 2. The molecule has 2 aromatic heterocycles. The number of carbonyl (C=O) groups excluding carboxylic acids is 1. The summed E-state index contributed by atoms with van der Waals surface area (Å²) in [5, 5.41) is 3.94. The van der Waals surface area contributed by atoms with E-state index in [2.05, 4.69) is 20.1 Å². The average Bonchev–Trinajstić information content (AvgIpc) is 3.34. The highest BCUT2D eigenvalue weighted by molar-refractivity contribution is 6.08. The molecule has 1 atom stereocenters. The van der Waals surface area contributed by atoms with Gasteiger partial charge in [0, 0.05) is 68.7 Å². The van der Waals surface area contributed by atoms with Gasteiger partial charge in [0.1, 0.15) is 5.82 Å². The molecule has 0 bridgehead atoms. The predicted octanol–water partition coefficient (Wildman–Crippen LogP) is 2.54. The lowest BCUT2D eigenvalue weighted by atomic mass is 10.1. The lowest BCUT2D eigenvalue weighted by Crippen LogP contribution is -2.35. The largest absolute Gasteiger partial charge is 0.380 e. The fraction of sp³-hybridized carbons (Fsp3) is 0.423. The number of morpholine rings is 1. The number of fused-ring (bicyclic) bond motifs is 1. The molecule has 1 unspecified atom stereocenters. The maximum Gasteiger partial charge on any atom is 0.259 e. The molecule has 2 aliphatic heterocycles. The first-order valence-corrected chi connectivity index (χ1v) is 12.0. The molecule has 35 heavy (non-hydrogen) atoms. The zero-order valence-corrected chi connectivity index (χ0v) is 20.2. The SMILES string of the molecule is COC1CCN(c2ncc(CN3CCOCC3)cc2C(=O)Nc2ccc3[nH]c(=O)cc(C)c3c2)C1. The summed E-state index contributed by atoms with van der Waals surface area (Å²) in [5.41, 5.74) is 3.67. The highest BCUT2D eigenvalue weighted by atomic mass is 16.5. The highest BCUT2D eigenvalue weighted by Crippen LogP contribution is 2.27. The van der Waals surface area contributed by atoms with Crippen molar-refractivity contribution in [3.05, 3.63) is 63.6 Å². The zero-order valence-electron chi connectivity index (χ0n) is 20.2. The molecule has 0 radical (unpaired) electrons. The van der Waals surface area contributed by atoms with Crippen LogP contribution in [0.5, 0.6) is 0 Å². The van der Waals surface area contributed by atoms with Crippen LogP contribution in [-0.4, -0.2) is 73.4 Å². The minimum absolute atomic E-state index is 0.131. The van der Waals surface area contributed by atoms with Crippen molar-refractivity contribution in [2.75, 3.05) is 56.7 Å². The van der Waals surface area contributed by atoms with Crippen molar-refractivity contribution in [3.63, 3.8) is 0 Å². The number of ether oxygens (including phenoxy) is 2. The number of nitrogens with zero attached hydrogens (tertiary/aromatic N) is 3. The molecule has 3 aromatic rings. The topological polar surface area (TPSA) is 99.8 Å². The smallest absolute Gasteiger partial charge is 0.259 e. The molecule has 9 heteroatoms. The van der Waals surface area contributed by atoms with Crippen LogP contribution in [0.15, 0.2) is 41.3 Å². The molecule has 0 aliphatic carbocycles. The van der Waals surface area contributed by atoms with Gasteiger partial charge >= 0.3 is 0 Å². The predicted molar refractivity (Wildman–Crippen MR) is 135 cm³/mol. The summed E-state index contributed by atoms with van der Waals surface area (Å²) in [6.07, 6.45) is 2.90. The van der Waals surface area contributed by atoms with Crippen LogP contribution in [0.2, 0.25) is 0 Å². The number of rotatable bonds is 6. The number of aryl methyl sites for hydroxylation is 1. The van der Waals surface area contributed by atoms with Gasteiger partial charge in [-0.25, -0.2) is 4.98 Å². The Morgan fingerprint density at radius 3 is 2.83 bits per heavy atom. The molecule has 2 aliphatic rings. The molecule has 2 N–H and O–H groups in total. The molecule has 184 valence electrons. The van der Waals surface area contributed by atoms with E-state index in [9.17, 15) is 9.59 Å². The van der Waals surface area contributed by atoms with Gasteiger partial charge in [-0.1, -0.05) is 0 Å². The third-order valence-electron chi connectivity index (χ3n) is 6.76. The van der Waals surface area contributed by atoms with Crippen LogP contribution in [0, 0.1) is 6.92 Å². The Hall–Kier alpha value is -3.27. The molecular formula is C26H31N5O4. The maximum atomic E-state index is 13.6. The number of H-pyrrole nitrogens is 1. The number of anilines is 2. The Morgan fingerprint density at radius 2 is 2.06 bits per heavy atom. The van der Waals surface area contributed by atoms with Crippen LogP contribution >= 0.6 is 0 Å². The first-order chi connectivity index (χ1) is 17.0. The molecule has 2 fully saturated rings. The fourth-order valence-electron chi connectivity index (χ4n) is 4.84. The number of hydrogen-bond donors (Lipinski definition) is 2. The summed E-state index contributed by atoms with van der Waals surface area (Å²) >= 11 is 0. The second-order valence-electron chi connectivity index (χ2n) is 9.23. The van der Waals surface area contributed by atoms with E-state index in [0.717, 1.165) is 67.8 Å². The summed E-state index contributed by atoms with van der Waals surface area (Å²) in [5.74, 6) is 0.465.